The minimum absolute atomic E-state index is 0.207. The van der Waals surface area contributed by atoms with Gasteiger partial charge in [0, 0.05) is 29.3 Å². The quantitative estimate of drug-likeness (QED) is 0.164. The first-order chi connectivity index (χ1) is 20.4. The van der Waals surface area contributed by atoms with E-state index in [1.54, 1.807) is 55.0 Å². The second kappa shape index (κ2) is 11.2. The largest absolute Gasteiger partial charge is 0.478 e. The molecular weight excluding hydrogens is 532 g/mol. The zero-order chi connectivity index (χ0) is 29.3. The monoisotopic (exact) mass is 564 g/mol. The number of fused-ring (bicyclic) bond motifs is 1. The number of rotatable bonds is 9. The van der Waals surface area contributed by atoms with Crippen molar-refractivity contribution in [2.24, 2.45) is 5.92 Å². The van der Waals surface area contributed by atoms with Gasteiger partial charge in [0.25, 0.3) is 11.8 Å². The molecule has 42 heavy (non-hydrogen) atoms. The summed E-state index contributed by atoms with van der Waals surface area (Å²) >= 11 is 0. The molecule has 4 aromatic rings. The first-order valence-electron chi connectivity index (χ1n) is 14.2. The molecule has 214 valence electrons. The summed E-state index contributed by atoms with van der Waals surface area (Å²) in [6.07, 6.45) is 13.7. The molecule has 2 aromatic carbocycles. The van der Waals surface area contributed by atoms with Crippen molar-refractivity contribution in [1.29, 1.82) is 0 Å². The fourth-order valence-electron chi connectivity index (χ4n) is 5.94. The number of amides is 2. The van der Waals surface area contributed by atoms with Gasteiger partial charge in [-0.3, -0.25) is 9.59 Å². The highest BCUT2D eigenvalue weighted by molar-refractivity contribution is 6.07. The topological polar surface area (TPSA) is 126 Å². The van der Waals surface area contributed by atoms with E-state index < -0.39 is 11.5 Å². The van der Waals surface area contributed by atoms with Crippen LogP contribution in [0, 0.1) is 5.92 Å². The minimum atomic E-state index is -1.11. The van der Waals surface area contributed by atoms with E-state index in [4.69, 9.17) is 14.5 Å². The number of carboxylic acid groups (broad SMARTS) is 1. The number of benzene rings is 2. The maximum absolute atomic E-state index is 13.5. The number of carbonyl (C=O) groups excluding carboxylic acids is 2. The van der Waals surface area contributed by atoms with Crippen molar-refractivity contribution in [3.8, 4) is 11.4 Å². The third kappa shape index (κ3) is 5.25. The Kier molecular flexibility index (Phi) is 7.24. The molecule has 9 heteroatoms. The molecule has 0 spiro atoms. The highest BCUT2D eigenvalue weighted by Crippen LogP contribution is 2.45. The average molecular weight is 565 g/mol. The standard InChI is InChI=1S/C33H32N4O5/c1-2-24-19-33(24,32(41)34-25-12-8-21(9-13-25)10-15-29(38)39)36-31(40)22-11-14-28-27(18-22)35-30(23-16-17-42-20-23)37(28)26-6-4-3-5-7-26/h2,8-18,20,24,26H,1,3-7,19H2,(H,34,41)(H,36,40)(H,38,39)/b15-10+/t24-,33-/m1/s1. The lowest BCUT2D eigenvalue weighted by Crippen LogP contribution is -2.47. The zero-order valence-corrected chi connectivity index (χ0v) is 23.1. The van der Waals surface area contributed by atoms with E-state index in [0.717, 1.165) is 41.3 Å². The number of furan rings is 1. The molecule has 0 aliphatic heterocycles. The fourth-order valence-corrected chi connectivity index (χ4v) is 5.94. The number of carboxylic acids is 1. The Labute approximate surface area is 242 Å². The van der Waals surface area contributed by atoms with Crippen LogP contribution in [0.1, 0.15) is 60.5 Å². The number of hydrogen-bond acceptors (Lipinski definition) is 5. The Morgan fingerprint density at radius 2 is 1.86 bits per heavy atom. The summed E-state index contributed by atoms with van der Waals surface area (Å²) in [4.78, 5) is 42.6. The van der Waals surface area contributed by atoms with Crippen LogP contribution in [0.3, 0.4) is 0 Å². The number of aliphatic carboxylic acids is 1. The van der Waals surface area contributed by atoms with Gasteiger partial charge >= 0.3 is 5.97 Å². The number of imidazole rings is 1. The SMILES string of the molecule is C=C[C@@H]1C[C@]1(NC(=O)c1ccc2c(c1)nc(-c1ccoc1)n2C1CCCCC1)C(=O)Nc1ccc(/C=C/C(=O)O)cc1. The molecule has 3 N–H and O–H groups in total. The van der Waals surface area contributed by atoms with E-state index >= 15 is 0 Å². The molecule has 2 fully saturated rings. The summed E-state index contributed by atoms with van der Waals surface area (Å²) in [5.41, 5.74) is 3.12. The second-order valence-corrected chi connectivity index (χ2v) is 11.0. The van der Waals surface area contributed by atoms with Gasteiger partial charge in [-0.05, 0) is 67.3 Å². The summed E-state index contributed by atoms with van der Waals surface area (Å²) in [5, 5.41) is 14.7. The third-order valence-electron chi connectivity index (χ3n) is 8.30. The molecule has 9 nitrogen and oxygen atoms in total. The second-order valence-electron chi connectivity index (χ2n) is 11.0. The summed E-state index contributed by atoms with van der Waals surface area (Å²) in [7, 11) is 0. The molecular formula is C33H32N4O5. The predicted octanol–water partition coefficient (Wildman–Crippen LogP) is 6.21. The Balaban J connectivity index is 1.23. The van der Waals surface area contributed by atoms with Gasteiger partial charge in [0.15, 0.2) is 0 Å². The van der Waals surface area contributed by atoms with E-state index in [1.807, 2.05) is 12.1 Å². The fraction of sp³-hybridized carbons (Fsp3) is 0.273. The van der Waals surface area contributed by atoms with E-state index in [2.05, 4.69) is 21.8 Å². The number of nitrogens with zero attached hydrogens (tertiary/aromatic N) is 2. The molecule has 2 amide bonds. The van der Waals surface area contributed by atoms with Gasteiger partial charge in [-0.15, -0.1) is 6.58 Å². The van der Waals surface area contributed by atoms with Crippen LogP contribution in [-0.2, 0) is 9.59 Å². The molecule has 2 saturated carbocycles. The maximum atomic E-state index is 13.5. The van der Waals surface area contributed by atoms with Crippen LogP contribution < -0.4 is 10.6 Å². The van der Waals surface area contributed by atoms with Crippen molar-refractivity contribution in [1.82, 2.24) is 14.9 Å². The van der Waals surface area contributed by atoms with Gasteiger partial charge in [-0.25, -0.2) is 9.78 Å². The smallest absolute Gasteiger partial charge is 0.328 e. The lowest BCUT2D eigenvalue weighted by Gasteiger charge is -2.25. The highest BCUT2D eigenvalue weighted by Gasteiger charge is 2.59. The Bertz CT molecular complexity index is 1680. The minimum Gasteiger partial charge on any atom is -0.478 e. The van der Waals surface area contributed by atoms with Crippen molar-refractivity contribution in [3.05, 3.63) is 90.9 Å². The molecule has 2 heterocycles. The molecule has 0 unspecified atom stereocenters. The van der Waals surface area contributed by atoms with Crippen molar-refractivity contribution in [3.63, 3.8) is 0 Å². The Morgan fingerprint density at radius 1 is 1.07 bits per heavy atom. The number of nitrogens with one attached hydrogen (secondary N) is 2. The highest BCUT2D eigenvalue weighted by atomic mass is 16.4. The zero-order valence-electron chi connectivity index (χ0n) is 23.1. The van der Waals surface area contributed by atoms with Crippen LogP contribution in [0.4, 0.5) is 5.69 Å². The number of hydrogen-bond donors (Lipinski definition) is 3. The summed E-state index contributed by atoms with van der Waals surface area (Å²) in [6, 6.07) is 14.5. The van der Waals surface area contributed by atoms with Crippen LogP contribution in [0.2, 0.25) is 0 Å². The molecule has 6 rings (SSSR count). The molecule has 2 aliphatic rings. The molecule has 2 aromatic heterocycles. The van der Waals surface area contributed by atoms with Gasteiger partial charge in [0.2, 0.25) is 0 Å². The van der Waals surface area contributed by atoms with Crippen molar-refractivity contribution >= 4 is 40.6 Å². The van der Waals surface area contributed by atoms with E-state index in [-0.39, 0.29) is 17.7 Å². The van der Waals surface area contributed by atoms with E-state index in [9.17, 15) is 14.4 Å². The predicted molar refractivity (Wildman–Crippen MR) is 160 cm³/mol. The van der Waals surface area contributed by atoms with Crippen LogP contribution in [-0.4, -0.2) is 38.0 Å². The normalized spacial score (nSPS) is 20.4. The molecule has 0 radical (unpaired) electrons. The van der Waals surface area contributed by atoms with Gasteiger partial charge in [-0.2, -0.15) is 0 Å². The van der Waals surface area contributed by atoms with Gasteiger partial charge in [0.1, 0.15) is 17.6 Å². The van der Waals surface area contributed by atoms with E-state index in [1.165, 1.54) is 25.3 Å². The number of carbonyl (C=O) groups is 3. The number of anilines is 1. The lowest BCUT2D eigenvalue weighted by molar-refractivity contribution is -0.131. The average Bonchev–Trinajstić information content (AvgIpc) is 3.31. The summed E-state index contributed by atoms with van der Waals surface area (Å²) < 4.78 is 7.64. The molecule has 0 bridgehead atoms. The van der Waals surface area contributed by atoms with Crippen LogP contribution in [0.25, 0.3) is 28.5 Å². The molecule has 0 saturated heterocycles. The number of aromatic nitrogens is 2. The third-order valence-corrected chi connectivity index (χ3v) is 8.30. The van der Waals surface area contributed by atoms with Gasteiger partial charge < -0.3 is 24.7 Å². The first kappa shape index (κ1) is 27.3. The summed E-state index contributed by atoms with van der Waals surface area (Å²) in [5.74, 6) is -1.11. The summed E-state index contributed by atoms with van der Waals surface area (Å²) in [6.45, 7) is 3.85. The van der Waals surface area contributed by atoms with Crippen molar-refractivity contribution in [2.45, 2.75) is 50.1 Å². The lowest BCUT2D eigenvalue weighted by atomic mass is 9.95. The Morgan fingerprint density at radius 3 is 2.52 bits per heavy atom. The van der Waals surface area contributed by atoms with Crippen molar-refractivity contribution in [2.75, 3.05) is 5.32 Å². The van der Waals surface area contributed by atoms with Crippen LogP contribution in [0.15, 0.2) is 84.2 Å². The molecule has 2 aliphatic carbocycles. The first-order valence-corrected chi connectivity index (χ1v) is 14.2. The Hall–Kier alpha value is -4.92. The van der Waals surface area contributed by atoms with Crippen molar-refractivity contribution < 1.29 is 23.9 Å². The maximum Gasteiger partial charge on any atom is 0.328 e. The van der Waals surface area contributed by atoms with Crippen LogP contribution in [0.5, 0.6) is 0 Å². The molecule has 2 atom stereocenters. The van der Waals surface area contributed by atoms with E-state index in [0.29, 0.717) is 29.3 Å². The van der Waals surface area contributed by atoms with Gasteiger partial charge in [0.05, 0.1) is 22.9 Å². The van der Waals surface area contributed by atoms with Crippen LogP contribution >= 0.6 is 0 Å². The van der Waals surface area contributed by atoms with Gasteiger partial charge in [-0.1, -0.05) is 37.5 Å².